The third-order valence-electron chi connectivity index (χ3n) is 3.55. The third kappa shape index (κ3) is 3.84. The van der Waals surface area contributed by atoms with E-state index in [4.69, 9.17) is 11.6 Å². The molecule has 0 aromatic heterocycles. The zero-order chi connectivity index (χ0) is 14.5. The van der Waals surface area contributed by atoms with Crippen LogP contribution in [-0.2, 0) is 6.42 Å². The van der Waals surface area contributed by atoms with E-state index in [-0.39, 0.29) is 0 Å². The van der Waals surface area contributed by atoms with Crippen molar-refractivity contribution in [2.75, 3.05) is 6.54 Å². The van der Waals surface area contributed by atoms with Crippen LogP contribution in [0.25, 0.3) is 11.1 Å². The molecule has 0 aliphatic carbocycles. The van der Waals surface area contributed by atoms with Gasteiger partial charge in [-0.15, -0.1) is 0 Å². The lowest BCUT2D eigenvalue weighted by molar-refractivity contribution is 0.565. The highest BCUT2D eigenvalue weighted by Crippen LogP contribution is 2.25. The summed E-state index contributed by atoms with van der Waals surface area (Å²) >= 11 is 6.19. The first-order chi connectivity index (χ1) is 9.60. The number of benzene rings is 2. The summed E-state index contributed by atoms with van der Waals surface area (Å²) < 4.78 is 0. The van der Waals surface area contributed by atoms with E-state index < -0.39 is 0 Å². The average Bonchev–Trinajstić information content (AvgIpc) is 2.43. The Labute approximate surface area is 127 Å². The zero-order valence-corrected chi connectivity index (χ0v) is 13.2. The summed E-state index contributed by atoms with van der Waals surface area (Å²) in [6.45, 7) is 7.40. The van der Waals surface area contributed by atoms with E-state index >= 15 is 0 Å². The molecule has 0 fully saturated rings. The van der Waals surface area contributed by atoms with Crippen molar-refractivity contribution in [3.8, 4) is 11.1 Å². The van der Waals surface area contributed by atoms with Crippen LogP contribution in [0.15, 0.2) is 42.5 Å². The van der Waals surface area contributed by atoms with Crippen LogP contribution in [0.1, 0.15) is 25.0 Å². The van der Waals surface area contributed by atoms with Crippen molar-refractivity contribution < 1.29 is 0 Å². The van der Waals surface area contributed by atoms with Crippen LogP contribution < -0.4 is 5.32 Å². The lowest BCUT2D eigenvalue weighted by Crippen LogP contribution is -2.27. The molecule has 0 saturated heterocycles. The Morgan fingerprint density at radius 2 is 1.70 bits per heavy atom. The molecule has 0 aliphatic rings. The van der Waals surface area contributed by atoms with Gasteiger partial charge in [-0.25, -0.2) is 0 Å². The standard InChI is InChI=1S/C18H22ClN/c1-4-20-14(3)11-15-6-9-16(10-7-15)17-8-5-13(2)18(19)12-17/h5-10,12,14,20H,4,11H2,1-3H3. The lowest BCUT2D eigenvalue weighted by Gasteiger charge is -2.12. The van der Waals surface area contributed by atoms with Crippen LogP contribution in [0, 0.1) is 6.92 Å². The molecule has 0 saturated carbocycles. The van der Waals surface area contributed by atoms with Gasteiger partial charge in [0, 0.05) is 11.1 Å². The smallest absolute Gasteiger partial charge is 0.0441 e. The molecule has 106 valence electrons. The largest absolute Gasteiger partial charge is 0.314 e. The summed E-state index contributed by atoms with van der Waals surface area (Å²) in [6, 6.07) is 15.5. The van der Waals surface area contributed by atoms with Gasteiger partial charge in [-0.1, -0.05) is 54.9 Å². The Morgan fingerprint density at radius 3 is 2.30 bits per heavy atom. The van der Waals surface area contributed by atoms with Gasteiger partial charge in [-0.3, -0.25) is 0 Å². The first kappa shape index (κ1) is 15.1. The van der Waals surface area contributed by atoms with E-state index in [0.717, 1.165) is 23.6 Å². The number of likely N-dealkylation sites (N-methyl/N-ethyl adjacent to an activating group) is 1. The van der Waals surface area contributed by atoms with Crippen LogP contribution in [-0.4, -0.2) is 12.6 Å². The molecule has 1 nitrogen and oxygen atoms in total. The molecule has 0 radical (unpaired) electrons. The Bertz CT molecular complexity index is 560. The molecule has 0 bridgehead atoms. The fraction of sp³-hybridized carbons (Fsp3) is 0.333. The topological polar surface area (TPSA) is 12.0 Å². The third-order valence-corrected chi connectivity index (χ3v) is 3.96. The summed E-state index contributed by atoms with van der Waals surface area (Å²) in [6.07, 6.45) is 1.06. The van der Waals surface area contributed by atoms with Gasteiger partial charge in [-0.2, -0.15) is 0 Å². The Kier molecular flexibility index (Phi) is 5.22. The summed E-state index contributed by atoms with van der Waals surface area (Å²) in [5, 5.41) is 4.26. The van der Waals surface area contributed by atoms with Crippen LogP contribution in [0.3, 0.4) is 0 Å². The maximum Gasteiger partial charge on any atom is 0.0441 e. The summed E-state index contributed by atoms with van der Waals surface area (Å²) in [7, 11) is 0. The minimum Gasteiger partial charge on any atom is -0.314 e. The second-order valence-electron chi connectivity index (χ2n) is 5.32. The van der Waals surface area contributed by atoms with E-state index in [9.17, 15) is 0 Å². The summed E-state index contributed by atoms with van der Waals surface area (Å²) in [5.41, 5.74) is 4.87. The molecule has 0 heterocycles. The van der Waals surface area contributed by atoms with Crippen molar-refractivity contribution in [2.45, 2.75) is 33.2 Å². The maximum atomic E-state index is 6.19. The van der Waals surface area contributed by atoms with Gasteiger partial charge in [-0.05, 0) is 55.1 Å². The van der Waals surface area contributed by atoms with Crippen LogP contribution in [0.4, 0.5) is 0 Å². The number of aryl methyl sites for hydroxylation is 1. The van der Waals surface area contributed by atoms with E-state index in [1.807, 2.05) is 13.0 Å². The van der Waals surface area contributed by atoms with Gasteiger partial charge >= 0.3 is 0 Å². The number of hydrogen-bond acceptors (Lipinski definition) is 1. The zero-order valence-electron chi connectivity index (χ0n) is 12.4. The molecule has 1 unspecified atom stereocenters. The fourth-order valence-corrected chi connectivity index (χ4v) is 2.56. The molecular weight excluding hydrogens is 266 g/mol. The molecule has 2 aromatic carbocycles. The average molecular weight is 288 g/mol. The van der Waals surface area contributed by atoms with Gasteiger partial charge in [0.25, 0.3) is 0 Å². The molecule has 0 aliphatic heterocycles. The number of hydrogen-bond donors (Lipinski definition) is 1. The van der Waals surface area contributed by atoms with Crippen molar-refractivity contribution in [1.82, 2.24) is 5.32 Å². The number of nitrogens with one attached hydrogen (secondary N) is 1. The summed E-state index contributed by atoms with van der Waals surface area (Å²) in [5.74, 6) is 0. The minimum atomic E-state index is 0.514. The highest BCUT2D eigenvalue weighted by atomic mass is 35.5. The molecule has 2 aromatic rings. The quantitative estimate of drug-likeness (QED) is 0.828. The SMILES string of the molecule is CCNC(C)Cc1ccc(-c2ccc(C)c(Cl)c2)cc1. The second-order valence-corrected chi connectivity index (χ2v) is 5.73. The Balaban J connectivity index is 2.13. The Morgan fingerprint density at radius 1 is 1.05 bits per heavy atom. The molecule has 2 heteroatoms. The lowest BCUT2D eigenvalue weighted by atomic mass is 10.0. The molecule has 2 rings (SSSR count). The van der Waals surface area contributed by atoms with E-state index in [0.29, 0.717) is 6.04 Å². The van der Waals surface area contributed by atoms with Crippen molar-refractivity contribution in [3.05, 3.63) is 58.6 Å². The molecule has 1 atom stereocenters. The molecular formula is C18H22ClN. The normalized spacial score (nSPS) is 12.4. The molecule has 0 spiro atoms. The van der Waals surface area contributed by atoms with Crippen molar-refractivity contribution in [2.24, 2.45) is 0 Å². The molecule has 20 heavy (non-hydrogen) atoms. The molecule has 1 N–H and O–H groups in total. The van der Waals surface area contributed by atoms with Crippen LogP contribution in [0.2, 0.25) is 5.02 Å². The maximum absolute atomic E-state index is 6.19. The highest BCUT2D eigenvalue weighted by molar-refractivity contribution is 6.31. The predicted molar refractivity (Wildman–Crippen MR) is 88.5 cm³/mol. The van der Waals surface area contributed by atoms with Gasteiger partial charge < -0.3 is 5.32 Å². The van der Waals surface area contributed by atoms with Crippen LogP contribution in [0.5, 0.6) is 0 Å². The minimum absolute atomic E-state index is 0.514. The van der Waals surface area contributed by atoms with Gasteiger partial charge in [0.15, 0.2) is 0 Å². The summed E-state index contributed by atoms with van der Waals surface area (Å²) in [4.78, 5) is 0. The van der Waals surface area contributed by atoms with Gasteiger partial charge in [0.05, 0.1) is 0 Å². The first-order valence-electron chi connectivity index (χ1n) is 7.19. The monoisotopic (exact) mass is 287 g/mol. The van der Waals surface area contributed by atoms with Gasteiger partial charge in [0.2, 0.25) is 0 Å². The highest BCUT2D eigenvalue weighted by Gasteiger charge is 2.04. The van der Waals surface area contributed by atoms with Gasteiger partial charge in [0.1, 0.15) is 0 Å². The Hall–Kier alpha value is -1.31. The van der Waals surface area contributed by atoms with E-state index in [2.05, 4.69) is 55.6 Å². The van der Waals surface area contributed by atoms with Crippen molar-refractivity contribution in [1.29, 1.82) is 0 Å². The van der Waals surface area contributed by atoms with E-state index in [1.54, 1.807) is 0 Å². The first-order valence-corrected chi connectivity index (χ1v) is 7.56. The van der Waals surface area contributed by atoms with E-state index in [1.165, 1.54) is 16.7 Å². The second kappa shape index (κ2) is 6.92. The van der Waals surface area contributed by atoms with Crippen molar-refractivity contribution >= 4 is 11.6 Å². The van der Waals surface area contributed by atoms with Crippen molar-refractivity contribution in [3.63, 3.8) is 0 Å². The molecule has 0 amide bonds. The number of rotatable bonds is 5. The van der Waals surface area contributed by atoms with Crippen LogP contribution >= 0.6 is 11.6 Å². The number of halogens is 1. The fourth-order valence-electron chi connectivity index (χ4n) is 2.38. The predicted octanol–water partition coefficient (Wildman–Crippen LogP) is 4.86.